The van der Waals surface area contributed by atoms with Gasteiger partial charge in [0.15, 0.2) is 0 Å². The van der Waals surface area contributed by atoms with E-state index in [2.05, 4.69) is 15.9 Å². The van der Waals surface area contributed by atoms with Crippen molar-refractivity contribution >= 4 is 32.9 Å². The number of aryl methyl sites for hydroxylation is 1. The van der Waals surface area contributed by atoms with Gasteiger partial charge in [0.25, 0.3) is 0 Å². The fourth-order valence-electron chi connectivity index (χ4n) is 1.61. The highest BCUT2D eigenvalue weighted by Gasteiger charge is 2.13. The number of carboxylic acid groups (broad SMARTS) is 1. The summed E-state index contributed by atoms with van der Waals surface area (Å²) in [4.78, 5) is 10.7. The van der Waals surface area contributed by atoms with Gasteiger partial charge in [-0.3, -0.25) is 4.79 Å². The summed E-state index contributed by atoms with van der Waals surface area (Å²) < 4.78 is 6.39. The number of carbonyl (C=O) groups is 1. The van der Waals surface area contributed by atoms with Gasteiger partial charge in [-0.1, -0.05) is 15.9 Å². The Kier molecular flexibility index (Phi) is 2.52. The van der Waals surface area contributed by atoms with E-state index in [-0.39, 0.29) is 6.42 Å². The van der Waals surface area contributed by atoms with Crippen LogP contribution in [0, 0.1) is 6.92 Å². The van der Waals surface area contributed by atoms with Crippen molar-refractivity contribution in [1.82, 2.24) is 0 Å². The Hall–Kier alpha value is -1.29. The molecule has 0 fully saturated rings. The molecular formula is C11H9BrO3. The van der Waals surface area contributed by atoms with E-state index in [1.807, 2.05) is 18.2 Å². The first-order valence-corrected chi connectivity index (χ1v) is 5.26. The first-order chi connectivity index (χ1) is 7.08. The minimum absolute atomic E-state index is 0.00468. The molecule has 2 aromatic rings. The summed E-state index contributed by atoms with van der Waals surface area (Å²) in [5.74, 6) is -0.175. The minimum Gasteiger partial charge on any atom is -0.481 e. The Labute approximate surface area is 94.8 Å². The van der Waals surface area contributed by atoms with Crippen molar-refractivity contribution in [1.29, 1.82) is 0 Å². The molecule has 0 amide bonds. The average Bonchev–Trinajstić information content (AvgIpc) is 2.43. The third-order valence-electron chi connectivity index (χ3n) is 2.28. The second-order valence-corrected chi connectivity index (χ2v) is 4.26. The molecule has 0 aliphatic heterocycles. The predicted molar refractivity (Wildman–Crippen MR) is 60.0 cm³/mol. The summed E-state index contributed by atoms with van der Waals surface area (Å²) in [5, 5.41) is 9.65. The molecule has 1 aromatic carbocycles. The van der Waals surface area contributed by atoms with E-state index < -0.39 is 5.97 Å². The lowest BCUT2D eigenvalue weighted by Gasteiger charge is -1.95. The van der Waals surface area contributed by atoms with Crippen LogP contribution in [-0.2, 0) is 11.2 Å². The molecular weight excluding hydrogens is 260 g/mol. The largest absolute Gasteiger partial charge is 0.481 e. The van der Waals surface area contributed by atoms with Crippen molar-refractivity contribution in [2.75, 3.05) is 0 Å². The van der Waals surface area contributed by atoms with Gasteiger partial charge in [-0.25, -0.2) is 0 Å². The zero-order valence-corrected chi connectivity index (χ0v) is 9.67. The van der Waals surface area contributed by atoms with Crippen LogP contribution >= 0.6 is 15.9 Å². The third-order valence-corrected chi connectivity index (χ3v) is 2.78. The lowest BCUT2D eigenvalue weighted by Crippen LogP contribution is -2.00. The fourth-order valence-corrected chi connectivity index (χ4v) is 1.98. The molecule has 0 bridgehead atoms. The third kappa shape index (κ3) is 1.90. The first kappa shape index (κ1) is 10.2. The number of hydrogen-bond acceptors (Lipinski definition) is 2. The van der Waals surface area contributed by atoms with Gasteiger partial charge in [-0.15, -0.1) is 0 Å². The van der Waals surface area contributed by atoms with Crippen LogP contribution in [0.25, 0.3) is 11.0 Å². The lowest BCUT2D eigenvalue weighted by molar-refractivity contribution is -0.136. The topological polar surface area (TPSA) is 50.4 Å². The van der Waals surface area contributed by atoms with Crippen molar-refractivity contribution < 1.29 is 14.3 Å². The molecule has 0 aliphatic rings. The van der Waals surface area contributed by atoms with E-state index >= 15 is 0 Å². The molecule has 78 valence electrons. The standard InChI is InChI=1S/C11H9BrO3/c1-6-8(5-11(13)14)9-4-7(12)2-3-10(9)15-6/h2-4H,5H2,1H3,(H,13,14). The predicted octanol–water partition coefficient (Wildman–Crippen LogP) is 3.13. The molecule has 1 aromatic heterocycles. The molecule has 0 aliphatic carbocycles. The fraction of sp³-hybridized carbons (Fsp3) is 0.182. The van der Waals surface area contributed by atoms with E-state index in [0.29, 0.717) is 5.76 Å². The Morgan fingerprint density at radius 3 is 2.93 bits per heavy atom. The Morgan fingerprint density at radius 2 is 2.27 bits per heavy atom. The zero-order chi connectivity index (χ0) is 11.0. The van der Waals surface area contributed by atoms with Crippen LogP contribution in [0.2, 0.25) is 0 Å². The van der Waals surface area contributed by atoms with Crippen molar-refractivity contribution in [2.24, 2.45) is 0 Å². The Bertz CT molecular complexity index is 528. The average molecular weight is 269 g/mol. The molecule has 15 heavy (non-hydrogen) atoms. The van der Waals surface area contributed by atoms with Crippen LogP contribution in [0.1, 0.15) is 11.3 Å². The number of rotatable bonds is 2. The van der Waals surface area contributed by atoms with Crippen molar-refractivity contribution in [2.45, 2.75) is 13.3 Å². The monoisotopic (exact) mass is 268 g/mol. The minimum atomic E-state index is -0.847. The number of benzene rings is 1. The van der Waals surface area contributed by atoms with Gasteiger partial charge >= 0.3 is 5.97 Å². The maximum Gasteiger partial charge on any atom is 0.307 e. The van der Waals surface area contributed by atoms with Crippen LogP contribution in [0.5, 0.6) is 0 Å². The summed E-state index contributed by atoms with van der Waals surface area (Å²) in [6.45, 7) is 1.78. The highest BCUT2D eigenvalue weighted by molar-refractivity contribution is 9.10. The first-order valence-electron chi connectivity index (χ1n) is 4.47. The van der Waals surface area contributed by atoms with Gasteiger partial charge in [-0.2, -0.15) is 0 Å². The van der Waals surface area contributed by atoms with E-state index in [0.717, 1.165) is 21.0 Å². The maximum absolute atomic E-state index is 10.7. The van der Waals surface area contributed by atoms with Gasteiger partial charge in [0.2, 0.25) is 0 Å². The molecule has 1 heterocycles. The zero-order valence-electron chi connectivity index (χ0n) is 8.08. The van der Waals surface area contributed by atoms with Crippen LogP contribution in [0.3, 0.4) is 0 Å². The summed E-state index contributed by atoms with van der Waals surface area (Å²) in [6, 6.07) is 5.58. The summed E-state index contributed by atoms with van der Waals surface area (Å²) in [7, 11) is 0. The molecule has 3 nitrogen and oxygen atoms in total. The smallest absolute Gasteiger partial charge is 0.307 e. The molecule has 0 spiro atoms. The van der Waals surface area contributed by atoms with Gasteiger partial charge in [0.1, 0.15) is 11.3 Å². The summed E-state index contributed by atoms with van der Waals surface area (Å²) >= 11 is 3.35. The molecule has 0 radical (unpaired) electrons. The highest BCUT2D eigenvalue weighted by Crippen LogP contribution is 2.28. The van der Waals surface area contributed by atoms with Gasteiger partial charge in [0, 0.05) is 15.4 Å². The number of furan rings is 1. The van der Waals surface area contributed by atoms with E-state index in [1.54, 1.807) is 6.92 Å². The van der Waals surface area contributed by atoms with Gasteiger partial charge in [-0.05, 0) is 25.1 Å². The van der Waals surface area contributed by atoms with Crippen molar-refractivity contribution in [3.8, 4) is 0 Å². The molecule has 0 unspecified atom stereocenters. The number of carboxylic acids is 1. The normalized spacial score (nSPS) is 10.8. The number of aliphatic carboxylic acids is 1. The van der Waals surface area contributed by atoms with Gasteiger partial charge < -0.3 is 9.52 Å². The second kappa shape index (κ2) is 3.70. The second-order valence-electron chi connectivity index (χ2n) is 3.35. The van der Waals surface area contributed by atoms with Crippen molar-refractivity contribution in [3.05, 3.63) is 34.0 Å². The quantitative estimate of drug-likeness (QED) is 0.911. The summed E-state index contributed by atoms with van der Waals surface area (Å²) in [6.07, 6.45) is -0.00468. The molecule has 4 heteroatoms. The molecule has 2 rings (SSSR count). The number of hydrogen-bond donors (Lipinski definition) is 1. The van der Waals surface area contributed by atoms with Gasteiger partial charge in [0.05, 0.1) is 6.42 Å². The van der Waals surface area contributed by atoms with Crippen LogP contribution < -0.4 is 0 Å². The Balaban J connectivity index is 2.65. The van der Waals surface area contributed by atoms with E-state index in [9.17, 15) is 4.79 Å². The number of fused-ring (bicyclic) bond motifs is 1. The summed E-state index contributed by atoms with van der Waals surface area (Å²) in [5.41, 5.74) is 1.48. The van der Waals surface area contributed by atoms with Crippen LogP contribution in [-0.4, -0.2) is 11.1 Å². The molecule has 1 N–H and O–H groups in total. The Morgan fingerprint density at radius 1 is 1.53 bits per heavy atom. The SMILES string of the molecule is Cc1oc2ccc(Br)cc2c1CC(=O)O. The van der Waals surface area contributed by atoms with E-state index in [1.165, 1.54) is 0 Å². The highest BCUT2D eigenvalue weighted by atomic mass is 79.9. The lowest BCUT2D eigenvalue weighted by atomic mass is 10.1. The number of halogens is 1. The maximum atomic E-state index is 10.7. The molecule has 0 saturated carbocycles. The molecule has 0 saturated heterocycles. The molecule has 0 atom stereocenters. The van der Waals surface area contributed by atoms with Crippen LogP contribution in [0.4, 0.5) is 0 Å². The van der Waals surface area contributed by atoms with Crippen LogP contribution in [0.15, 0.2) is 27.1 Å². The van der Waals surface area contributed by atoms with Crippen molar-refractivity contribution in [3.63, 3.8) is 0 Å². The van der Waals surface area contributed by atoms with E-state index in [4.69, 9.17) is 9.52 Å².